The second-order valence-electron chi connectivity index (χ2n) is 5.91. The first-order valence-corrected chi connectivity index (χ1v) is 8.09. The van der Waals surface area contributed by atoms with Gasteiger partial charge in [0.2, 0.25) is 5.91 Å². The summed E-state index contributed by atoms with van der Waals surface area (Å²) in [5, 5.41) is 4.63. The molecule has 2 aromatic rings. The van der Waals surface area contributed by atoms with Crippen molar-refractivity contribution >= 4 is 29.1 Å². The number of benzene rings is 2. The molecule has 8 heteroatoms. The van der Waals surface area contributed by atoms with Crippen molar-refractivity contribution in [3.63, 3.8) is 0 Å². The average Bonchev–Trinajstić information content (AvgIpc) is 2.55. The molecule has 0 saturated heterocycles. The lowest BCUT2D eigenvalue weighted by molar-refractivity contribution is -0.118. The molecule has 0 aliphatic heterocycles. The third-order valence-electron chi connectivity index (χ3n) is 3.61. The third kappa shape index (κ3) is 4.54. The van der Waals surface area contributed by atoms with Gasteiger partial charge in [-0.25, -0.2) is 13.2 Å². The summed E-state index contributed by atoms with van der Waals surface area (Å²) in [5.41, 5.74) is -0.547. The molecule has 26 heavy (non-hydrogen) atoms. The van der Waals surface area contributed by atoms with E-state index >= 15 is 0 Å². The molecule has 0 fully saturated rings. The van der Waals surface area contributed by atoms with Crippen LogP contribution < -0.4 is 10.6 Å². The van der Waals surface area contributed by atoms with E-state index in [1.165, 1.54) is 12.1 Å². The largest absolute Gasteiger partial charge is 0.340 e. The lowest BCUT2D eigenvalue weighted by Gasteiger charge is -2.22. The van der Waals surface area contributed by atoms with E-state index in [2.05, 4.69) is 10.6 Å². The van der Waals surface area contributed by atoms with Gasteiger partial charge in [0.05, 0.1) is 5.02 Å². The highest BCUT2D eigenvalue weighted by molar-refractivity contribution is 6.31. The van der Waals surface area contributed by atoms with Gasteiger partial charge in [-0.3, -0.25) is 9.59 Å². The standard InChI is InChI=1S/C18H16ClF3N2O2/c1-9(2)16(18(26)23-10-6-7-12(20)11(19)8-10)24-17(25)15-13(21)4-3-5-14(15)22/h3-9,16H,1-2H3,(H,23,26)(H,24,25). The molecule has 2 aromatic carbocycles. The van der Waals surface area contributed by atoms with E-state index in [0.29, 0.717) is 0 Å². The minimum Gasteiger partial charge on any atom is -0.340 e. The summed E-state index contributed by atoms with van der Waals surface area (Å²) in [6.45, 7) is 3.31. The summed E-state index contributed by atoms with van der Waals surface area (Å²) in [5.74, 6) is -4.77. The first kappa shape index (κ1) is 19.8. The Morgan fingerprint density at radius 3 is 2.15 bits per heavy atom. The number of halogens is 4. The maximum absolute atomic E-state index is 13.7. The average molecular weight is 385 g/mol. The van der Waals surface area contributed by atoms with Gasteiger partial charge in [-0.05, 0) is 36.2 Å². The number of carbonyl (C=O) groups excluding carboxylic acids is 2. The fraction of sp³-hybridized carbons (Fsp3) is 0.222. The Bertz CT molecular complexity index is 823. The Hall–Kier alpha value is -2.54. The van der Waals surface area contributed by atoms with Crippen LogP contribution in [0.4, 0.5) is 18.9 Å². The van der Waals surface area contributed by atoms with E-state index in [4.69, 9.17) is 11.6 Å². The first-order valence-electron chi connectivity index (χ1n) is 7.71. The molecule has 0 bridgehead atoms. The molecule has 0 aliphatic carbocycles. The number of hydrogen-bond donors (Lipinski definition) is 2. The summed E-state index contributed by atoms with van der Waals surface area (Å²) in [4.78, 5) is 24.7. The highest BCUT2D eigenvalue weighted by atomic mass is 35.5. The quantitative estimate of drug-likeness (QED) is 0.813. The number of rotatable bonds is 5. The Labute approximate surface area is 153 Å². The first-order chi connectivity index (χ1) is 12.2. The molecule has 1 atom stereocenters. The van der Waals surface area contributed by atoms with E-state index in [1.807, 2.05) is 0 Å². The summed E-state index contributed by atoms with van der Waals surface area (Å²) in [7, 11) is 0. The number of nitrogens with one attached hydrogen (secondary N) is 2. The van der Waals surface area contributed by atoms with Crippen molar-refractivity contribution in [2.45, 2.75) is 19.9 Å². The SMILES string of the molecule is CC(C)C(NC(=O)c1c(F)cccc1F)C(=O)Nc1ccc(F)c(Cl)c1. The monoisotopic (exact) mass is 384 g/mol. The molecule has 0 aromatic heterocycles. The molecule has 2 rings (SSSR count). The molecule has 0 heterocycles. The Morgan fingerprint density at radius 1 is 1.00 bits per heavy atom. The van der Waals surface area contributed by atoms with Crippen LogP contribution in [0, 0.1) is 23.4 Å². The van der Waals surface area contributed by atoms with Crippen molar-refractivity contribution in [1.29, 1.82) is 0 Å². The van der Waals surface area contributed by atoms with Gasteiger partial charge in [-0.2, -0.15) is 0 Å². The summed E-state index contributed by atoms with van der Waals surface area (Å²) < 4.78 is 40.6. The predicted octanol–water partition coefficient (Wildman–Crippen LogP) is 4.15. The maximum Gasteiger partial charge on any atom is 0.257 e. The van der Waals surface area contributed by atoms with Crippen molar-refractivity contribution in [3.05, 3.63) is 64.4 Å². The lowest BCUT2D eigenvalue weighted by Crippen LogP contribution is -2.47. The van der Waals surface area contributed by atoms with Crippen molar-refractivity contribution in [2.24, 2.45) is 5.92 Å². The number of anilines is 1. The second kappa shape index (κ2) is 8.23. The van der Waals surface area contributed by atoms with E-state index in [1.54, 1.807) is 13.8 Å². The molecular weight excluding hydrogens is 369 g/mol. The maximum atomic E-state index is 13.7. The summed E-state index contributed by atoms with van der Waals surface area (Å²) >= 11 is 5.66. The van der Waals surface area contributed by atoms with Gasteiger partial charge in [0.25, 0.3) is 5.91 Å². The molecule has 4 nitrogen and oxygen atoms in total. The van der Waals surface area contributed by atoms with Gasteiger partial charge >= 0.3 is 0 Å². The van der Waals surface area contributed by atoms with Crippen molar-refractivity contribution < 1.29 is 22.8 Å². The van der Waals surface area contributed by atoms with E-state index in [9.17, 15) is 22.8 Å². The Kier molecular flexibility index (Phi) is 6.26. The second-order valence-corrected chi connectivity index (χ2v) is 6.32. The highest BCUT2D eigenvalue weighted by Gasteiger charge is 2.27. The van der Waals surface area contributed by atoms with Gasteiger partial charge in [0.1, 0.15) is 29.1 Å². The fourth-order valence-electron chi connectivity index (χ4n) is 2.26. The number of carbonyl (C=O) groups is 2. The van der Waals surface area contributed by atoms with Crippen LogP contribution in [0.3, 0.4) is 0 Å². The van der Waals surface area contributed by atoms with Gasteiger partial charge < -0.3 is 10.6 Å². The van der Waals surface area contributed by atoms with E-state index in [0.717, 1.165) is 24.3 Å². The molecule has 0 radical (unpaired) electrons. The summed E-state index contributed by atoms with van der Waals surface area (Å²) in [6.07, 6.45) is 0. The molecule has 138 valence electrons. The van der Waals surface area contributed by atoms with Crippen LogP contribution >= 0.6 is 11.6 Å². The van der Waals surface area contributed by atoms with E-state index in [-0.39, 0.29) is 16.6 Å². The van der Waals surface area contributed by atoms with Crippen LogP contribution in [0.5, 0.6) is 0 Å². The highest BCUT2D eigenvalue weighted by Crippen LogP contribution is 2.20. The zero-order valence-electron chi connectivity index (χ0n) is 13.9. The smallest absolute Gasteiger partial charge is 0.257 e. The van der Waals surface area contributed by atoms with Crippen LogP contribution in [0.15, 0.2) is 36.4 Å². The number of hydrogen-bond acceptors (Lipinski definition) is 2. The van der Waals surface area contributed by atoms with Crippen LogP contribution in [0.1, 0.15) is 24.2 Å². The van der Waals surface area contributed by atoms with Crippen LogP contribution in [0.25, 0.3) is 0 Å². The molecule has 0 saturated carbocycles. The molecular formula is C18H16ClF3N2O2. The molecule has 1 unspecified atom stereocenters. The zero-order valence-corrected chi connectivity index (χ0v) is 14.7. The summed E-state index contributed by atoms with van der Waals surface area (Å²) in [6, 6.07) is 5.54. The molecule has 2 amide bonds. The fourth-order valence-corrected chi connectivity index (χ4v) is 2.44. The van der Waals surface area contributed by atoms with Crippen molar-refractivity contribution in [2.75, 3.05) is 5.32 Å². The molecule has 0 spiro atoms. The van der Waals surface area contributed by atoms with Crippen LogP contribution in [-0.2, 0) is 4.79 Å². The zero-order chi connectivity index (χ0) is 19.4. The molecule has 0 aliphatic rings. The lowest BCUT2D eigenvalue weighted by atomic mass is 10.0. The number of amides is 2. The van der Waals surface area contributed by atoms with Crippen molar-refractivity contribution in [3.8, 4) is 0 Å². The molecule has 2 N–H and O–H groups in total. The van der Waals surface area contributed by atoms with Gasteiger partial charge in [0, 0.05) is 5.69 Å². The van der Waals surface area contributed by atoms with Crippen LogP contribution in [0.2, 0.25) is 5.02 Å². The van der Waals surface area contributed by atoms with E-state index < -0.39 is 40.9 Å². The van der Waals surface area contributed by atoms with Gasteiger partial charge in [-0.15, -0.1) is 0 Å². The van der Waals surface area contributed by atoms with Gasteiger partial charge in [0.15, 0.2) is 0 Å². The third-order valence-corrected chi connectivity index (χ3v) is 3.90. The Morgan fingerprint density at radius 2 is 1.62 bits per heavy atom. The van der Waals surface area contributed by atoms with Crippen LogP contribution in [-0.4, -0.2) is 17.9 Å². The normalized spacial score (nSPS) is 12.0. The Balaban J connectivity index is 2.18. The minimum absolute atomic E-state index is 0.179. The van der Waals surface area contributed by atoms with Gasteiger partial charge in [-0.1, -0.05) is 31.5 Å². The van der Waals surface area contributed by atoms with Crippen molar-refractivity contribution in [1.82, 2.24) is 5.32 Å². The minimum atomic E-state index is -1.08. The predicted molar refractivity (Wildman–Crippen MR) is 92.5 cm³/mol. The topological polar surface area (TPSA) is 58.2 Å².